The molecule has 2 aromatic heterocycles. The standard InChI is InChI=1S/C26H26N10/c1-35-17-18-36(2)26(35)34-31-20-9-7-19(8-10-20)27-13-14-28-23-11-12-24(22-6-4-3-5-21(22)23)32-33-25-29-15-16-30-25/h3-12,15-18H,13-14H2,1-2H3,(H2,27,28,29,30,31,32,33)/p+1. The number of nitrogens with one attached hydrogen (secondary N) is 3. The summed E-state index contributed by atoms with van der Waals surface area (Å²) in [5, 5.41) is 26.3. The van der Waals surface area contributed by atoms with Gasteiger partial charge in [0.25, 0.3) is 0 Å². The van der Waals surface area contributed by atoms with Gasteiger partial charge in [-0.25, -0.2) is 14.1 Å². The summed E-state index contributed by atoms with van der Waals surface area (Å²) < 4.78 is 3.85. The van der Waals surface area contributed by atoms with E-state index in [0.29, 0.717) is 5.95 Å². The molecule has 5 aromatic rings. The van der Waals surface area contributed by atoms with Crippen LogP contribution >= 0.6 is 0 Å². The Kier molecular flexibility index (Phi) is 6.74. The van der Waals surface area contributed by atoms with Gasteiger partial charge in [-0.15, -0.1) is 10.2 Å². The van der Waals surface area contributed by atoms with E-state index in [1.165, 1.54) is 0 Å². The summed E-state index contributed by atoms with van der Waals surface area (Å²) in [6.45, 7) is 1.51. The molecule has 0 aliphatic heterocycles. The molecule has 10 heteroatoms. The van der Waals surface area contributed by atoms with Gasteiger partial charge in [0.15, 0.2) is 0 Å². The summed E-state index contributed by atoms with van der Waals surface area (Å²) in [7, 11) is 3.89. The second-order valence-corrected chi connectivity index (χ2v) is 8.21. The van der Waals surface area contributed by atoms with Crippen molar-refractivity contribution in [3.63, 3.8) is 0 Å². The molecule has 0 saturated carbocycles. The number of benzene rings is 3. The Morgan fingerprint density at radius 3 is 2.44 bits per heavy atom. The van der Waals surface area contributed by atoms with Gasteiger partial charge in [-0.3, -0.25) is 0 Å². The molecule has 0 amide bonds. The lowest BCUT2D eigenvalue weighted by molar-refractivity contribution is -0.657. The van der Waals surface area contributed by atoms with Gasteiger partial charge in [0.05, 0.1) is 32.2 Å². The summed E-state index contributed by atoms with van der Waals surface area (Å²) in [6, 6.07) is 20.1. The molecule has 5 rings (SSSR count). The van der Waals surface area contributed by atoms with E-state index in [-0.39, 0.29) is 0 Å². The summed E-state index contributed by atoms with van der Waals surface area (Å²) >= 11 is 0. The minimum absolute atomic E-state index is 0.480. The molecule has 0 fully saturated rings. The van der Waals surface area contributed by atoms with Gasteiger partial charge >= 0.3 is 5.95 Å². The van der Waals surface area contributed by atoms with Crippen LogP contribution in [0.25, 0.3) is 10.8 Å². The highest BCUT2D eigenvalue weighted by Gasteiger charge is 2.10. The molecule has 3 N–H and O–H groups in total. The summed E-state index contributed by atoms with van der Waals surface area (Å²) in [4.78, 5) is 7.02. The Bertz CT molecular complexity index is 1480. The van der Waals surface area contributed by atoms with Crippen molar-refractivity contribution < 1.29 is 4.57 Å². The van der Waals surface area contributed by atoms with Gasteiger partial charge in [-0.2, -0.15) is 0 Å². The maximum Gasteiger partial charge on any atom is 0.421 e. The molecule has 180 valence electrons. The van der Waals surface area contributed by atoms with Crippen LogP contribution in [0.1, 0.15) is 0 Å². The fourth-order valence-corrected chi connectivity index (χ4v) is 3.81. The van der Waals surface area contributed by atoms with E-state index in [1.54, 1.807) is 12.4 Å². The highest BCUT2D eigenvalue weighted by atomic mass is 15.3. The molecule has 0 aliphatic rings. The zero-order valence-corrected chi connectivity index (χ0v) is 20.1. The van der Waals surface area contributed by atoms with Gasteiger partial charge < -0.3 is 15.6 Å². The number of fused-ring (bicyclic) bond motifs is 1. The van der Waals surface area contributed by atoms with Gasteiger partial charge in [-0.1, -0.05) is 29.4 Å². The fourth-order valence-electron chi connectivity index (χ4n) is 3.81. The van der Waals surface area contributed by atoms with Crippen LogP contribution in [0, 0.1) is 0 Å². The average Bonchev–Trinajstić information content (AvgIpc) is 3.54. The van der Waals surface area contributed by atoms with Crippen molar-refractivity contribution in [2.45, 2.75) is 0 Å². The first-order valence-electron chi connectivity index (χ1n) is 11.6. The number of aromatic amines is 1. The second kappa shape index (κ2) is 10.6. The average molecular weight is 480 g/mol. The van der Waals surface area contributed by atoms with E-state index in [1.807, 2.05) is 90.2 Å². The number of imidazole rings is 2. The Labute approximate surface area is 208 Å². The number of rotatable bonds is 9. The molecule has 0 atom stereocenters. The third kappa shape index (κ3) is 5.27. The molecule has 10 nitrogen and oxygen atoms in total. The summed E-state index contributed by atoms with van der Waals surface area (Å²) in [5.74, 6) is 1.26. The minimum atomic E-state index is 0.480. The topological polar surface area (TPSA) is 111 Å². The number of azo groups is 2. The van der Waals surface area contributed by atoms with Crippen LogP contribution in [0.3, 0.4) is 0 Å². The number of aromatic nitrogens is 4. The predicted octanol–water partition coefficient (Wildman–Crippen LogP) is 6.08. The maximum absolute atomic E-state index is 4.37. The van der Waals surface area contributed by atoms with E-state index < -0.39 is 0 Å². The van der Waals surface area contributed by atoms with Crippen LogP contribution in [-0.2, 0) is 14.1 Å². The largest absolute Gasteiger partial charge is 0.421 e. The molecule has 0 aliphatic carbocycles. The molecular formula is C26H27N10+. The van der Waals surface area contributed by atoms with Crippen molar-refractivity contribution in [2.75, 3.05) is 23.7 Å². The molecule has 0 bridgehead atoms. The SMILES string of the molecule is Cn1cc[n+](C)c1N=Nc1ccc(NCCNc2ccc(N=Nc3ncc[nH]3)c3ccccc23)cc1. The van der Waals surface area contributed by atoms with Crippen molar-refractivity contribution in [3.8, 4) is 0 Å². The molecule has 3 aromatic carbocycles. The number of anilines is 2. The highest BCUT2D eigenvalue weighted by molar-refractivity contribution is 6.00. The monoisotopic (exact) mass is 479 g/mol. The Hall–Kier alpha value is -4.86. The lowest BCUT2D eigenvalue weighted by atomic mass is 10.1. The number of nitrogens with zero attached hydrogens (tertiary/aromatic N) is 7. The number of hydrogen-bond acceptors (Lipinski definition) is 7. The van der Waals surface area contributed by atoms with Crippen LogP contribution in [0.5, 0.6) is 0 Å². The number of aryl methyl sites for hydroxylation is 2. The third-order valence-corrected chi connectivity index (χ3v) is 5.67. The Morgan fingerprint density at radius 1 is 0.889 bits per heavy atom. The van der Waals surface area contributed by atoms with Crippen molar-refractivity contribution in [1.82, 2.24) is 14.5 Å². The molecule has 0 radical (unpaired) electrons. The van der Waals surface area contributed by atoms with Gasteiger partial charge in [-0.05, 0) is 36.4 Å². The summed E-state index contributed by atoms with van der Waals surface area (Å²) in [5.41, 5.74) is 3.67. The molecule has 2 heterocycles. The quantitative estimate of drug-likeness (QED) is 0.135. The van der Waals surface area contributed by atoms with Crippen LogP contribution in [0.4, 0.5) is 34.6 Å². The van der Waals surface area contributed by atoms with E-state index in [9.17, 15) is 0 Å². The lowest BCUT2D eigenvalue weighted by Crippen LogP contribution is -2.25. The van der Waals surface area contributed by atoms with E-state index in [0.717, 1.165) is 52.6 Å². The van der Waals surface area contributed by atoms with Crippen molar-refractivity contribution in [3.05, 3.63) is 85.5 Å². The normalized spacial score (nSPS) is 11.6. The zero-order valence-electron chi connectivity index (χ0n) is 20.1. The minimum Gasteiger partial charge on any atom is -0.383 e. The number of hydrogen-bond donors (Lipinski definition) is 3. The van der Waals surface area contributed by atoms with E-state index in [4.69, 9.17) is 0 Å². The van der Waals surface area contributed by atoms with Crippen LogP contribution in [-0.4, -0.2) is 27.6 Å². The lowest BCUT2D eigenvalue weighted by Gasteiger charge is -2.12. The smallest absolute Gasteiger partial charge is 0.383 e. The zero-order chi connectivity index (χ0) is 24.7. The van der Waals surface area contributed by atoms with Crippen molar-refractivity contribution >= 4 is 45.4 Å². The molecule has 0 unspecified atom stereocenters. The maximum atomic E-state index is 4.37. The first-order valence-corrected chi connectivity index (χ1v) is 11.6. The Balaban J connectivity index is 1.18. The third-order valence-electron chi connectivity index (χ3n) is 5.67. The van der Waals surface area contributed by atoms with Crippen LogP contribution in [0.2, 0.25) is 0 Å². The van der Waals surface area contributed by atoms with Gasteiger partial charge in [0.2, 0.25) is 5.95 Å². The van der Waals surface area contributed by atoms with Gasteiger partial charge in [0, 0.05) is 52.7 Å². The molecular weight excluding hydrogens is 452 g/mol. The first kappa shape index (κ1) is 22.9. The highest BCUT2D eigenvalue weighted by Crippen LogP contribution is 2.32. The van der Waals surface area contributed by atoms with Crippen molar-refractivity contribution in [1.29, 1.82) is 0 Å². The van der Waals surface area contributed by atoms with Crippen LogP contribution < -0.4 is 15.2 Å². The van der Waals surface area contributed by atoms with Crippen LogP contribution in [0.15, 0.2) is 106 Å². The predicted molar refractivity (Wildman–Crippen MR) is 141 cm³/mol. The van der Waals surface area contributed by atoms with E-state index in [2.05, 4.69) is 47.1 Å². The molecule has 36 heavy (non-hydrogen) atoms. The molecule has 0 spiro atoms. The molecule has 0 saturated heterocycles. The fraction of sp³-hybridized carbons (Fsp3) is 0.154. The second-order valence-electron chi connectivity index (χ2n) is 8.21. The first-order chi connectivity index (χ1) is 17.7. The summed E-state index contributed by atoms with van der Waals surface area (Å²) in [6.07, 6.45) is 7.26. The van der Waals surface area contributed by atoms with Gasteiger partial charge in [0.1, 0.15) is 5.69 Å². The number of H-pyrrole nitrogens is 1. The van der Waals surface area contributed by atoms with Crippen molar-refractivity contribution in [2.24, 2.45) is 34.6 Å². The Morgan fingerprint density at radius 2 is 1.69 bits per heavy atom. The van der Waals surface area contributed by atoms with E-state index >= 15 is 0 Å².